The highest BCUT2D eigenvalue weighted by molar-refractivity contribution is 5.71. The van der Waals surface area contributed by atoms with E-state index in [9.17, 15) is 4.79 Å². The Kier molecular flexibility index (Phi) is 13.9. The van der Waals surface area contributed by atoms with Gasteiger partial charge in [0, 0.05) is 5.56 Å². The topological polar surface area (TPSA) is 69.9 Å². The highest BCUT2D eigenvalue weighted by atomic mass is 16.5. The van der Waals surface area contributed by atoms with Gasteiger partial charge in [-0.25, -0.2) is 0 Å². The Morgan fingerprint density at radius 1 is 0.846 bits per heavy atom. The Morgan fingerprint density at radius 2 is 1.44 bits per heavy atom. The third-order valence-electron chi connectivity index (χ3n) is 7.06. The van der Waals surface area contributed by atoms with E-state index < -0.39 is 0 Å². The minimum absolute atomic E-state index is 0.0237. The van der Waals surface area contributed by atoms with E-state index in [2.05, 4.69) is 85.6 Å². The molecule has 2 aromatic carbocycles. The number of aryl methyl sites for hydroxylation is 2. The molecule has 1 saturated carbocycles. The first-order valence-corrected chi connectivity index (χ1v) is 14.7. The van der Waals surface area contributed by atoms with Crippen molar-refractivity contribution >= 4 is 5.97 Å². The molecule has 6 nitrogen and oxygen atoms in total. The highest BCUT2D eigenvalue weighted by Gasteiger charge is 2.20. The predicted octanol–water partition coefficient (Wildman–Crippen LogP) is 8.13. The van der Waals surface area contributed by atoms with Crippen molar-refractivity contribution in [1.29, 1.82) is 0 Å². The summed E-state index contributed by atoms with van der Waals surface area (Å²) in [5, 5.41) is 12.8. The van der Waals surface area contributed by atoms with Crippen LogP contribution in [0, 0.1) is 17.8 Å². The van der Waals surface area contributed by atoms with Crippen LogP contribution in [0.1, 0.15) is 98.2 Å². The van der Waals surface area contributed by atoms with Gasteiger partial charge in [-0.1, -0.05) is 96.1 Å². The second kappa shape index (κ2) is 16.8. The summed E-state index contributed by atoms with van der Waals surface area (Å²) < 4.78 is 5.23. The Morgan fingerprint density at radius 3 is 1.97 bits per heavy atom. The number of benzene rings is 2. The van der Waals surface area contributed by atoms with Gasteiger partial charge in [-0.2, -0.15) is 4.80 Å². The third kappa shape index (κ3) is 11.7. The maximum absolute atomic E-state index is 11.1. The van der Waals surface area contributed by atoms with Crippen molar-refractivity contribution in [2.45, 2.75) is 106 Å². The summed E-state index contributed by atoms with van der Waals surface area (Å²) in [5.41, 5.74) is 3.68. The zero-order valence-electron chi connectivity index (χ0n) is 25.4. The molecule has 214 valence electrons. The molecule has 1 aromatic heterocycles. The second-order valence-corrected chi connectivity index (χ2v) is 11.7. The molecule has 1 fully saturated rings. The van der Waals surface area contributed by atoms with E-state index in [4.69, 9.17) is 4.74 Å². The van der Waals surface area contributed by atoms with Gasteiger partial charge >= 0.3 is 5.97 Å². The van der Waals surface area contributed by atoms with Crippen molar-refractivity contribution in [2.75, 3.05) is 0 Å². The van der Waals surface area contributed by atoms with Gasteiger partial charge in [0.2, 0.25) is 5.82 Å². The number of aromatic nitrogens is 4. The molecule has 3 aromatic rings. The lowest BCUT2D eigenvalue weighted by Gasteiger charge is -2.12. The van der Waals surface area contributed by atoms with Crippen molar-refractivity contribution in [2.24, 2.45) is 17.8 Å². The fourth-order valence-corrected chi connectivity index (χ4v) is 3.74. The van der Waals surface area contributed by atoms with Crippen LogP contribution in [0.25, 0.3) is 11.4 Å². The minimum atomic E-state index is -0.0445. The molecular weight excluding hydrogens is 484 g/mol. The molecule has 4 rings (SSSR count). The van der Waals surface area contributed by atoms with E-state index >= 15 is 0 Å². The molecule has 0 bridgehead atoms. The number of ether oxygens (including phenoxy) is 1. The van der Waals surface area contributed by atoms with Gasteiger partial charge in [0.1, 0.15) is 6.10 Å². The lowest BCUT2D eigenvalue weighted by atomic mass is 9.99. The molecule has 0 spiro atoms. The zero-order chi connectivity index (χ0) is 28.8. The maximum Gasteiger partial charge on any atom is 0.308 e. The summed E-state index contributed by atoms with van der Waals surface area (Å²) in [5.74, 6) is 2.39. The normalized spacial score (nSPS) is 13.3. The highest BCUT2D eigenvalue weighted by Crippen LogP contribution is 2.22. The number of tetrazole rings is 1. The van der Waals surface area contributed by atoms with Gasteiger partial charge < -0.3 is 4.74 Å². The van der Waals surface area contributed by atoms with Gasteiger partial charge in [-0.05, 0) is 80.5 Å². The van der Waals surface area contributed by atoms with Gasteiger partial charge in [-0.3, -0.25) is 4.79 Å². The first kappa shape index (κ1) is 32.2. The predicted molar refractivity (Wildman–Crippen MR) is 160 cm³/mol. The number of hydrogen-bond acceptors (Lipinski definition) is 5. The second-order valence-electron chi connectivity index (χ2n) is 11.7. The van der Waals surface area contributed by atoms with E-state index in [1.165, 1.54) is 24.0 Å². The van der Waals surface area contributed by atoms with Crippen LogP contribution < -0.4 is 0 Å². The van der Waals surface area contributed by atoms with Crippen LogP contribution in [-0.4, -0.2) is 32.3 Å². The molecule has 39 heavy (non-hydrogen) atoms. The van der Waals surface area contributed by atoms with Gasteiger partial charge in [-0.15, -0.1) is 10.2 Å². The Labute approximate surface area is 236 Å². The number of nitrogens with zero attached hydrogens (tertiary/aromatic N) is 4. The van der Waals surface area contributed by atoms with Crippen molar-refractivity contribution in [3.05, 3.63) is 65.7 Å². The Hall–Kier alpha value is -3.02. The minimum Gasteiger partial charge on any atom is -0.462 e. The molecule has 0 amide bonds. The van der Waals surface area contributed by atoms with Crippen LogP contribution in [0.2, 0.25) is 0 Å². The molecular formula is C33H50N4O2. The van der Waals surface area contributed by atoms with Crippen molar-refractivity contribution in [1.82, 2.24) is 20.2 Å². The van der Waals surface area contributed by atoms with E-state index in [1.54, 1.807) is 4.80 Å². The summed E-state index contributed by atoms with van der Waals surface area (Å²) in [4.78, 5) is 12.7. The summed E-state index contributed by atoms with van der Waals surface area (Å²) in [6.45, 7) is 16.8. The molecule has 1 aliphatic carbocycles. The number of hydrogen-bond donors (Lipinski definition) is 0. The molecule has 0 radical (unpaired) electrons. The van der Waals surface area contributed by atoms with Gasteiger partial charge in [0.15, 0.2) is 0 Å². The number of carbonyl (C=O) groups is 1. The molecule has 0 aliphatic heterocycles. The van der Waals surface area contributed by atoms with Gasteiger partial charge in [0.25, 0.3) is 0 Å². The fourth-order valence-electron chi connectivity index (χ4n) is 3.74. The Bertz CT molecular complexity index is 1080. The molecule has 1 heterocycles. The van der Waals surface area contributed by atoms with E-state index in [1.807, 2.05) is 39.8 Å². The van der Waals surface area contributed by atoms with Crippen LogP contribution in [0.3, 0.4) is 0 Å². The van der Waals surface area contributed by atoms with Crippen molar-refractivity contribution in [3.63, 3.8) is 0 Å². The third-order valence-corrected chi connectivity index (χ3v) is 7.06. The summed E-state index contributed by atoms with van der Waals surface area (Å²) in [6.07, 6.45) is 6.78. The lowest BCUT2D eigenvalue weighted by Crippen LogP contribution is -2.18. The number of carbonyl (C=O) groups excluding carboxylic acids is 1. The molecule has 6 heteroatoms. The fraction of sp³-hybridized carbons (Fsp3) is 0.576. The number of rotatable bonds is 8. The van der Waals surface area contributed by atoms with E-state index in [0.29, 0.717) is 5.82 Å². The summed E-state index contributed by atoms with van der Waals surface area (Å²) >= 11 is 0. The van der Waals surface area contributed by atoms with Crippen LogP contribution in [-0.2, 0) is 22.4 Å². The van der Waals surface area contributed by atoms with Crippen molar-refractivity contribution < 1.29 is 9.53 Å². The van der Waals surface area contributed by atoms with Crippen LogP contribution in [0.15, 0.2) is 54.6 Å². The first-order valence-electron chi connectivity index (χ1n) is 14.7. The average Bonchev–Trinajstić information content (AvgIpc) is 3.62. The first-order chi connectivity index (χ1) is 18.6. The standard InChI is InChI=1S/C18H20N4.C9H16O2.C6H14/c1-14(2)22-20-18(19-21-22)17-11-7-6-10-16(17)13-12-15-8-4-3-5-9-15;1-7(2)9(10)11-8-5-3-4-6-8;1-5(2)6(3)4/h3-11,14H,12-13H2,1-2H3;7-8H,3-6H2,1-2H3;5-6H,1-4H3. The van der Waals surface area contributed by atoms with Crippen LogP contribution in [0.5, 0.6) is 0 Å². The smallest absolute Gasteiger partial charge is 0.308 e. The molecule has 0 N–H and O–H groups in total. The SMILES string of the molecule is CC(C)C(=O)OC1CCCC1.CC(C)C(C)C.CC(C)n1nnc(-c2ccccc2CCc2ccccc2)n1. The maximum atomic E-state index is 11.1. The van der Waals surface area contributed by atoms with Crippen molar-refractivity contribution in [3.8, 4) is 11.4 Å². The molecule has 0 saturated heterocycles. The number of esters is 1. The summed E-state index contributed by atoms with van der Waals surface area (Å²) in [6, 6.07) is 19.1. The zero-order valence-corrected chi connectivity index (χ0v) is 25.4. The lowest BCUT2D eigenvalue weighted by molar-refractivity contribution is -0.152. The molecule has 0 atom stereocenters. The van der Waals surface area contributed by atoms with Gasteiger partial charge in [0.05, 0.1) is 12.0 Å². The molecule has 0 unspecified atom stereocenters. The van der Waals surface area contributed by atoms with Crippen LogP contribution in [0.4, 0.5) is 0 Å². The quantitative estimate of drug-likeness (QED) is 0.273. The monoisotopic (exact) mass is 534 g/mol. The average molecular weight is 535 g/mol. The van der Waals surface area contributed by atoms with E-state index in [-0.39, 0.29) is 24.0 Å². The summed E-state index contributed by atoms with van der Waals surface area (Å²) in [7, 11) is 0. The van der Waals surface area contributed by atoms with Crippen LogP contribution >= 0.6 is 0 Å². The largest absolute Gasteiger partial charge is 0.462 e. The van der Waals surface area contributed by atoms with E-state index in [0.717, 1.165) is 43.1 Å². The Balaban J connectivity index is 0.000000261. The molecule has 1 aliphatic rings.